The molecule has 0 aliphatic carbocycles. The molecule has 130 valence electrons. The zero-order chi connectivity index (χ0) is 17.7. The molecule has 0 N–H and O–H groups in total. The summed E-state index contributed by atoms with van der Waals surface area (Å²) in [6.07, 6.45) is 5.03. The van der Waals surface area contributed by atoms with Gasteiger partial charge in [-0.2, -0.15) is 0 Å². The van der Waals surface area contributed by atoms with Gasteiger partial charge in [0, 0.05) is 18.1 Å². The first-order chi connectivity index (χ1) is 10.8. The van der Waals surface area contributed by atoms with Crippen molar-refractivity contribution < 1.29 is 9.47 Å². The SMILES string of the molecule is C=CCC(CC)(CC)c1cc(C(C)(C)C)cc(Br)c1OCOC. The van der Waals surface area contributed by atoms with Crippen LogP contribution in [0.3, 0.4) is 0 Å². The van der Waals surface area contributed by atoms with Crippen LogP contribution in [0.25, 0.3) is 0 Å². The van der Waals surface area contributed by atoms with Crippen LogP contribution in [-0.4, -0.2) is 13.9 Å². The van der Waals surface area contributed by atoms with E-state index in [-0.39, 0.29) is 17.6 Å². The maximum absolute atomic E-state index is 5.94. The van der Waals surface area contributed by atoms with Gasteiger partial charge in [-0.25, -0.2) is 0 Å². The zero-order valence-corrected chi connectivity index (χ0v) is 17.0. The second kappa shape index (κ2) is 8.34. The fourth-order valence-electron chi connectivity index (χ4n) is 2.99. The van der Waals surface area contributed by atoms with Crippen LogP contribution in [0, 0.1) is 0 Å². The van der Waals surface area contributed by atoms with E-state index in [0.29, 0.717) is 0 Å². The standard InChI is InChI=1S/C20H31BrO2/c1-8-11-20(9-2,10-3)16-12-15(19(4,5)6)13-17(21)18(16)23-14-22-7/h8,12-13H,1,9-11,14H2,2-7H3. The molecule has 0 aliphatic rings. The minimum absolute atomic E-state index is 0.0363. The molecule has 3 heteroatoms. The Morgan fingerprint density at radius 1 is 1.17 bits per heavy atom. The fraction of sp³-hybridized carbons (Fsp3) is 0.600. The third-order valence-corrected chi connectivity index (χ3v) is 5.28. The predicted octanol–water partition coefficient (Wildman–Crippen LogP) is 6.36. The normalized spacial score (nSPS) is 12.3. The van der Waals surface area contributed by atoms with Gasteiger partial charge in [0.25, 0.3) is 0 Å². The van der Waals surface area contributed by atoms with E-state index in [9.17, 15) is 0 Å². The van der Waals surface area contributed by atoms with Gasteiger partial charge in [0.05, 0.1) is 4.47 Å². The molecule has 1 rings (SSSR count). The molecule has 0 saturated heterocycles. The monoisotopic (exact) mass is 382 g/mol. The average molecular weight is 383 g/mol. The summed E-state index contributed by atoms with van der Waals surface area (Å²) in [4.78, 5) is 0. The molecule has 0 amide bonds. The van der Waals surface area contributed by atoms with Gasteiger partial charge in [-0.3, -0.25) is 0 Å². The number of ether oxygens (including phenoxy) is 2. The lowest BCUT2D eigenvalue weighted by Crippen LogP contribution is -2.26. The van der Waals surface area contributed by atoms with Crippen molar-refractivity contribution in [2.45, 2.75) is 64.7 Å². The number of rotatable bonds is 8. The predicted molar refractivity (Wildman–Crippen MR) is 102 cm³/mol. The summed E-state index contributed by atoms with van der Waals surface area (Å²) in [6, 6.07) is 4.48. The lowest BCUT2D eigenvalue weighted by atomic mass is 9.71. The highest BCUT2D eigenvalue weighted by atomic mass is 79.9. The third-order valence-electron chi connectivity index (χ3n) is 4.69. The Labute approximate surface area is 150 Å². The van der Waals surface area contributed by atoms with Crippen LogP contribution < -0.4 is 4.74 Å². The molecule has 0 unspecified atom stereocenters. The molecule has 0 heterocycles. The Morgan fingerprint density at radius 2 is 1.78 bits per heavy atom. The number of halogens is 1. The van der Waals surface area contributed by atoms with Crippen molar-refractivity contribution in [3.05, 3.63) is 40.4 Å². The van der Waals surface area contributed by atoms with E-state index < -0.39 is 0 Å². The quantitative estimate of drug-likeness (QED) is 0.384. The van der Waals surface area contributed by atoms with E-state index in [1.54, 1.807) is 7.11 Å². The van der Waals surface area contributed by atoms with Crippen molar-refractivity contribution in [2.24, 2.45) is 0 Å². The Morgan fingerprint density at radius 3 is 2.22 bits per heavy atom. The van der Waals surface area contributed by atoms with Crippen LogP contribution in [0.2, 0.25) is 0 Å². The molecular formula is C20H31BrO2. The minimum Gasteiger partial charge on any atom is -0.466 e. The van der Waals surface area contributed by atoms with Crippen molar-refractivity contribution in [3.8, 4) is 5.75 Å². The van der Waals surface area contributed by atoms with E-state index in [4.69, 9.17) is 9.47 Å². The van der Waals surface area contributed by atoms with E-state index >= 15 is 0 Å². The van der Waals surface area contributed by atoms with Gasteiger partial charge in [-0.15, -0.1) is 6.58 Å². The zero-order valence-electron chi connectivity index (χ0n) is 15.5. The summed E-state index contributed by atoms with van der Waals surface area (Å²) in [6.45, 7) is 15.4. The number of benzene rings is 1. The second-order valence-electron chi connectivity index (χ2n) is 7.12. The minimum atomic E-state index is 0.0363. The number of hydrogen-bond donors (Lipinski definition) is 0. The van der Waals surface area contributed by atoms with Crippen LogP contribution >= 0.6 is 15.9 Å². The van der Waals surface area contributed by atoms with E-state index in [0.717, 1.165) is 29.5 Å². The fourth-order valence-corrected chi connectivity index (χ4v) is 3.57. The van der Waals surface area contributed by atoms with E-state index in [2.05, 4.69) is 69.3 Å². The molecule has 0 spiro atoms. The topological polar surface area (TPSA) is 18.5 Å². The van der Waals surface area contributed by atoms with Crippen LogP contribution in [0.4, 0.5) is 0 Å². The highest BCUT2D eigenvalue weighted by Crippen LogP contribution is 2.45. The van der Waals surface area contributed by atoms with Gasteiger partial charge in [-0.1, -0.05) is 46.8 Å². The highest BCUT2D eigenvalue weighted by molar-refractivity contribution is 9.10. The largest absolute Gasteiger partial charge is 0.466 e. The van der Waals surface area contributed by atoms with Crippen LogP contribution in [-0.2, 0) is 15.6 Å². The van der Waals surface area contributed by atoms with Crippen molar-refractivity contribution in [3.63, 3.8) is 0 Å². The molecule has 0 fully saturated rings. The lowest BCUT2D eigenvalue weighted by molar-refractivity contribution is 0.0487. The summed E-state index contributed by atoms with van der Waals surface area (Å²) >= 11 is 3.72. The van der Waals surface area contributed by atoms with Crippen LogP contribution in [0.15, 0.2) is 29.3 Å². The van der Waals surface area contributed by atoms with Crippen molar-refractivity contribution >= 4 is 15.9 Å². The van der Waals surface area contributed by atoms with Gasteiger partial charge in [0.2, 0.25) is 0 Å². The summed E-state index contributed by atoms with van der Waals surface area (Å²) in [5.74, 6) is 0.894. The Balaban J connectivity index is 3.61. The molecule has 0 bridgehead atoms. The lowest BCUT2D eigenvalue weighted by Gasteiger charge is -2.35. The van der Waals surface area contributed by atoms with Crippen molar-refractivity contribution in [1.82, 2.24) is 0 Å². The molecule has 1 aromatic carbocycles. The van der Waals surface area contributed by atoms with Crippen molar-refractivity contribution in [1.29, 1.82) is 0 Å². The number of hydrogen-bond acceptors (Lipinski definition) is 2. The molecule has 0 radical (unpaired) electrons. The van der Waals surface area contributed by atoms with Gasteiger partial charge in [0.1, 0.15) is 5.75 Å². The van der Waals surface area contributed by atoms with Gasteiger partial charge >= 0.3 is 0 Å². The molecule has 0 aliphatic heterocycles. The van der Waals surface area contributed by atoms with E-state index in [1.165, 1.54) is 11.1 Å². The van der Waals surface area contributed by atoms with Crippen molar-refractivity contribution in [2.75, 3.05) is 13.9 Å². The van der Waals surface area contributed by atoms with Gasteiger partial charge in [0.15, 0.2) is 6.79 Å². The maximum Gasteiger partial charge on any atom is 0.188 e. The first-order valence-corrected chi connectivity index (χ1v) is 9.12. The molecule has 2 nitrogen and oxygen atoms in total. The highest BCUT2D eigenvalue weighted by Gasteiger charge is 2.33. The summed E-state index contributed by atoms with van der Waals surface area (Å²) < 4.78 is 12.1. The van der Waals surface area contributed by atoms with Gasteiger partial charge in [-0.05, 0) is 52.2 Å². The first-order valence-electron chi connectivity index (χ1n) is 8.32. The maximum atomic E-state index is 5.94. The van der Waals surface area contributed by atoms with Crippen LogP contribution in [0.5, 0.6) is 5.75 Å². The second-order valence-corrected chi connectivity index (χ2v) is 7.97. The summed E-state index contributed by atoms with van der Waals surface area (Å²) in [7, 11) is 1.65. The third kappa shape index (κ3) is 4.60. The summed E-state index contributed by atoms with van der Waals surface area (Å²) in [5, 5.41) is 0. The molecule has 0 atom stereocenters. The average Bonchev–Trinajstić information content (AvgIpc) is 2.50. The van der Waals surface area contributed by atoms with E-state index in [1.807, 2.05) is 6.08 Å². The molecule has 0 saturated carbocycles. The molecule has 23 heavy (non-hydrogen) atoms. The Bertz CT molecular complexity index is 525. The Kier molecular flexibility index (Phi) is 7.34. The molecule has 0 aromatic heterocycles. The number of allylic oxidation sites excluding steroid dienone is 1. The van der Waals surface area contributed by atoms with Crippen LogP contribution in [0.1, 0.15) is 65.0 Å². The summed E-state index contributed by atoms with van der Waals surface area (Å²) in [5.41, 5.74) is 2.67. The molecular weight excluding hydrogens is 352 g/mol. The smallest absolute Gasteiger partial charge is 0.188 e. The van der Waals surface area contributed by atoms with Gasteiger partial charge < -0.3 is 9.47 Å². The molecule has 1 aromatic rings. The Hall–Kier alpha value is -0.800. The number of methoxy groups -OCH3 is 1. The first kappa shape index (κ1) is 20.2.